The van der Waals surface area contributed by atoms with Crippen LogP contribution in [0.2, 0.25) is 0 Å². The van der Waals surface area contributed by atoms with Gasteiger partial charge in [0.05, 0.1) is 0 Å². The van der Waals surface area contributed by atoms with E-state index in [2.05, 4.69) is 15.3 Å². The van der Waals surface area contributed by atoms with Gasteiger partial charge < -0.3 is 15.8 Å². The van der Waals surface area contributed by atoms with Crippen LogP contribution in [0.1, 0.15) is 19.4 Å². The summed E-state index contributed by atoms with van der Waals surface area (Å²) in [7, 11) is 1.67. The van der Waals surface area contributed by atoms with E-state index in [1.165, 1.54) is 10.6 Å². The minimum atomic E-state index is -0.791. The molecular formula is C19H21N5O3. The lowest BCUT2D eigenvalue weighted by molar-refractivity contribution is 0.0460. The number of fused-ring (bicyclic) bond motifs is 1. The van der Waals surface area contributed by atoms with Gasteiger partial charge in [-0.2, -0.15) is 4.98 Å². The highest BCUT2D eigenvalue weighted by molar-refractivity contribution is 5.75. The SMILES string of the molecule is Cn1c(=O)ccc2cnc(Nc3ccc(CC(C)(C)OC(N)=O)cc3)nc21. The van der Waals surface area contributed by atoms with E-state index in [4.69, 9.17) is 10.5 Å². The lowest BCUT2D eigenvalue weighted by atomic mass is 9.98. The third-order valence-electron chi connectivity index (χ3n) is 4.07. The number of hydrogen-bond acceptors (Lipinski definition) is 6. The monoisotopic (exact) mass is 367 g/mol. The molecule has 0 spiro atoms. The molecule has 2 heterocycles. The lowest BCUT2D eigenvalue weighted by Gasteiger charge is -2.24. The van der Waals surface area contributed by atoms with Crippen molar-refractivity contribution in [2.45, 2.75) is 25.9 Å². The molecule has 0 bridgehead atoms. The fourth-order valence-corrected chi connectivity index (χ4v) is 2.84. The summed E-state index contributed by atoms with van der Waals surface area (Å²) < 4.78 is 6.58. The van der Waals surface area contributed by atoms with Crippen LogP contribution >= 0.6 is 0 Å². The van der Waals surface area contributed by atoms with Crippen LogP contribution in [0.5, 0.6) is 0 Å². The summed E-state index contributed by atoms with van der Waals surface area (Å²) in [6.07, 6.45) is 1.41. The van der Waals surface area contributed by atoms with Gasteiger partial charge in [0.15, 0.2) is 0 Å². The van der Waals surface area contributed by atoms with Gasteiger partial charge in [-0.05, 0) is 37.6 Å². The van der Waals surface area contributed by atoms with Crippen molar-refractivity contribution in [1.82, 2.24) is 14.5 Å². The molecule has 8 nitrogen and oxygen atoms in total. The first-order valence-corrected chi connectivity index (χ1v) is 8.41. The van der Waals surface area contributed by atoms with Gasteiger partial charge in [-0.15, -0.1) is 0 Å². The van der Waals surface area contributed by atoms with Crippen molar-refractivity contribution in [3.05, 3.63) is 58.5 Å². The molecule has 1 amide bonds. The topological polar surface area (TPSA) is 112 Å². The highest BCUT2D eigenvalue weighted by Crippen LogP contribution is 2.20. The number of aromatic nitrogens is 3. The third kappa shape index (κ3) is 4.41. The molecule has 2 aromatic heterocycles. The largest absolute Gasteiger partial charge is 0.443 e. The molecule has 1 aromatic carbocycles. The maximum atomic E-state index is 11.8. The first-order valence-electron chi connectivity index (χ1n) is 8.41. The van der Waals surface area contributed by atoms with Gasteiger partial charge in [0, 0.05) is 36.8 Å². The van der Waals surface area contributed by atoms with Crippen LogP contribution in [0.25, 0.3) is 11.0 Å². The molecule has 0 radical (unpaired) electrons. The summed E-state index contributed by atoms with van der Waals surface area (Å²) in [4.78, 5) is 31.4. The number of nitrogens with two attached hydrogens (primary N) is 1. The molecule has 3 N–H and O–H groups in total. The first-order chi connectivity index (χ1) is 12.7. The van der Waals surface area contributed by atoms with Crippen LogP contribution < -0.4 is 16.6 Å². The van der Waals surface area contributed by atoms with E-state index in [0.29, 0.717) is 18.0 Å². The van der Waals surface area contributed by atoms with Crippen molar-refractivity contribution in [1.29, 1.82) is 0 Å². The number of carbonyl (C=O) groups is 1. The number of pyridine rings is 1. The molecule has 8 heteroatoms. The Morgan fingerprint density at radius 1 is 1.22 bits per heavy atom. The number of rotatable bonds is 5. The fraction of sp³-hybridized carbons (Fsp3) is 0.263. The van der Waals surface area contributed by atoms with E-state index in [1.54, 1.807) is 33.2 Å². The van der Waals surface area contributed by atoms with E-state index >= 15 is 0 Å². The number of hydrogen-bond donors (Lipinski definition) is 2. The molecular weight excluding hydrogens is 346 g/mol. The number of nitrogens with one attached hydrogen (secondary N) is 1. The van der Waals surface area contributed by atoms with Gasteiger partial charge in [-0.3, -0.25) is 9.36 Å². The average molecular weight is 367 g/mol. The van der Waals surface area contributed by atoms with Crippen molar-refractivity contribution < 1.29 is 9.53 Å². The van der Waals surface area contributed by atoms with E-state index in [-0.39, 0.29) is 5.56 Å². The molecule has 0 aliphatic carbocycles. The van der Waals surface area contributed by atoms with Crippen molar-refractivity contribution in [2.75, 3.05) is 5.32 Å². The van der Waals surface area contributed by atoms with Crippen LogP contribution in [-0.4, -0.2) is 26.2 Å². The molecule has 27 heavy (non-hydrogen) atoms. The van der Waals surface area contributed by atoms with Crippen molar-refractivity contribution in [2.24, 2.45) is 12.8 Å². The number of nitrogens with zero attached hydrogens (tertiary/aromatic N) is 3. The van der Waals surface area contributed by atoms with E-state index in [0.717, 1.165) is 16.6 Å². The van der Waals surface area contributed by atoms with E-state index in [9.17, 15) is 9.59 Å². The summed E-state index contributed by atoms with van der Waals surface area (Å²) in [5, 5.41) is 3.91. The molecule has 0 fully saturated rings. The molecule has 140 valence electrons. The van der Waals surface area contributed by atoms with Gasteiger partial charge in [0.2, 0.25) is 5.95 Å². The Hall–Kier alpha value is -3.42. The third-order valence-corrected chi connectivity index (χ3v) is 4.07. The van der Waals surface area contributed by atoms with Crippen LogP contribution in [0.15, 0.2) is 47.4 Å². The van der Waals surface area contributed by atoms with Crippen LogP contribution in [0, 0.1) is 0 Å². The molecule has 0 saturated heterocycles. The minimum Gasteiger partial charge on any atom is -0.443 e. The van der Waals surface area contributed by atoms with Crippen LogP contribution in [-0.2, 0) is 18.2 Å². The van der Waals surface area contributed by atoms with Crippen LogP contribution in [0.3, 0.4) is 0 Å². The predicted octanol–water partition coefficient (Wildman–Crippen LogP) is 2.49. The zero-order valence-corrected chi connectivity index (χ0v) is 15.4. The smallest absolute Gasteiger partial charge is 0.405 e. The standard InChI is InChI=1S/C19H21N5O3/c1-19(2,27-17(20)26)10-12-4-7-14(8-5-12)22-18-21-11-13-6-9-15(25)24(3)16(13)23-18/h4-9,11H,10H2,1-3H3,(H2,20,26)(H,21,22,23). The van der Waals surface area contributed by atoms with Gasteiger partial charge in [-0.25, -0.2) is 9.78 Å². The molecule has 3 rings (SSSR count). The van der Waals surface area contributed by atoms with Gasteiger partial charge in [-0.1, -0.05) is 12.1 Å². The summed E-state index contributed by atoms with van der Waals surface area (Å²) in [5.41, 5.74) is 6.63. The Labute approximate surface area is 156 Å². The minimum absolute atomic E-state index is 0.128. The number of benzene rings is 1. The first kappa shape index (κ1) is 18.4. The maximum Gasteiger partial charge on any atom is 0.405 e. The zero-order chi connectivity index (χ0) is 19.6. The number of anilines is 2. The number of ether oxygens (including phenoxy) is 1. The Balaban J connectivity index is 1.77. The van der Waals surface area contributed by atoms with Crippen LogP contribution in [0.4, 0.5) is 16.4 Å². The summed E-state index contributed by atoms with van der Waals surface area (Å²) in [5.74, 6) is 0.397. The molecule has 0 atom stereocenters. The van der Waals surface area contributed by atoms with Crippen molar-refractivity contribution in [3.8, 4) is 0 Å². The summed E-state index contributed by atoms with van der Waals surface area (Å²) in [6.45, 7) is 3.61. The number of amides is 1. The van der Waals surface area contributed by atoms with E-state index < -0.39 is 11.7 Å². The number of carbonyl (C=O) groups excluding carboxylic acids is 1. The van der Waals surface area contributed by atoms with Crippen molar-refractivity contribution in [3.63, 3.8) is 0 Å². The summed E-state index contributed by atoms with van der Waals surface area (Å²) >= 11 is 0. The lowest BCUT2D eigenvalue weighted by Crippen LogP contribution is -2.33. The van der Waals surface area contributed by atoms with Crippen molar-refractivity contribution >= 4 is 28.8 Å². The van der Waals surface area contributed by atoms with Gasteiger partial charge in [0.25, 0.3) is 5.56 Å². The second kappa shape index (κ2) is 7.06. The Kier molecular flexibility index (Phi) is 4.81. The van der Waals surface area contributed by atoms with Gasteiger partial charge in [0.1, 0.15) is 11.2 Å². The summed E-state index contributed by atoms with van der Waals surface area (Å²) in [6, 6.07) is 10.8. The molecule has 3 aromatic rings. The molecule has 0 saturated carbocycles. The average Bonchev–Trinajstić information content (AvgIpc) is 2.59. The highest BCUT2D eigenvalue weighted by Gasteiger charge is 2.22. The highest BCUT2D eigenvalue weighted by atomic mass is 16.6. The number of aryl methyl sites for hydroxylation is 1. The maximum absolute atomic E-state index is 11.8. The van der Waals surface area contributed by atoms with Gasteiger partial charge >= 0.3 is 6.09 Å². The second-order valence-corrected chi connectivity index (χ2v) is 6.88. The fourth-order valence-electron chi connectivity index (χ4n) is 2.84. The quantitative estimate of drug-likeness (QED) is 0.716. The Morgan fingerprint density at radius 2 is 1.93 bits per heavy atom. The molecule has 0 unspecified atom stereocenters. The molecule has 0 aliphatic rings. The zero-order valence-electron chi connectivity index (χ0n) is 15.4. The predicted molar refractivity (Wildman–Crippen MR) is 103 cm³/mol. The Bertz CT molecular complexity index is 1040. The normalized spacial score (nSPS) is 11.4. The Morgan fingerprint density at radius 3 is 2.59 bits per heavy atom. The number of primary amides is 1. The second-order valence-electron chi connectivity index (χ2n) is 6.88. The van der Waals surface area contributed by atoms with E-state index in [1.807, 2.05) is 24.3 Å². The molecule has 0 aliphatic heterocycles.